The lowest BCUT2D eigenvalue weighted by molar-refractivity contribution is 0.412. The predicted molar refractivity (Wildman–Crippen MR) is 92.3 cm³/mol. The minimum absolute atomic E-state index is 0.265. The summed E-state index contributed by atoms with van der Waals surface area (Å²) in [6.45, 7) is 5.24. The van der Waals surface area contributed by atoms with Crippen LogP contribution in [0.1, 0.15) is 83.7 Å². The van der Waals surface area contributed by atoms with Crippen LogP contribution in [-0.2, 0) is 6.54 Å². The predicted octanol–water partition coefficient (Wildman–Crippen LogP) is 5.62. The highest BCUT2D eigenvalue weighted by atomic mass is 19.1. The highest BCUT2D eigenvalue weighted by molar-refractivity contribution is 5.05. The zero-order valence-electron chi connectivity index (χ0n) is 14.4. The first-order valence-corrected chi connectivity index (χ1v) is 9.10. The van der Waals surface area contributed by atoms with Crippen LogP contribution in [0.3, 0.4) is 0 Å². The molecule has 3 heteroatoms. The van der Waals surface area contributed by atoms with Gasteiger partial charge in [0.15, 0.2) is 0 Å². The third-order valence-electron chi connectivity index (χ3n) is 4.17. The van der Waals surface area contributed by atoms with Crippen LogP contribution in [-0.4, -0.2) is 11.0 Å². The van der Waals surface area contributed by atoms with Gasteiger partial charge in [-0.15, -0.1) is 0 Å². The highest BCUT2D eigenvalue weighted by Crippen LogP contribution is 2.13. The van der Waals surface area contributed by atoms with E-state index >= 15 is 0 Å². The minimum Gasteiger partial charge on any atom is -0.308 e. The van der Waals surface area contributed by atoms with E-state index < -0.39 is 0 Å². The van der Waals surface area contributed by atoms with Crippen molar-refractivity contribution in [3.05, 3.63) is 29.8 Å². The van der Waals surface area contributed by atoms with Crippen molar-refractivity contribution in [2.45, 2.75) is 90.6 Å². The van der Waals surface area contributed by atoms with Crippen molar-refractivity contribution in [3.8, 4) is 0 Å². The monoisotopic (exact) mass is 308 g/mol. The topological polar surface area (TPSA) is 24.9 Å². The normalized spacial score (nSPS) is 12.5. The lowest BCUT2D eigenvalue weighted by Crippen LogP contribution is -2.29. The second-order valence-corrected chi connectivity index (χ2v) is 6.24. The molecule has 0 amide bonds. The summed E-state index contributed by atoms with van der Waals surface area (Å²) >= 11 is 0. The summed E-state index contributed by atoms with van der Waals surface area (Å²) < 4.78 is 12.9. The fraction of sp³-hybridized carbons (Fsp3) is 0.737. The number of nitrogens with zero attached hydrogens (tertiary/aromatic N) is 1. The smallest absolute Gasteiger partial charge is 0.141 e. The first-order valence-electron chi connectivity index (χ1n) is 9.10. The molecule has 126 valence electrons. The molecule has 1 aromatic heterocycles. The van der Waals surface area contributed by atoms with Gasteiger partial charge < -0.3 is 5.32 Å². The molecule has 1 unspecified atom stereocenters. The van der Waals surface area contributed by atoms with Gasteiger partial charge in [0.05, 0.1) is 11.9 Å². The van der Waals surface area contributed by atoms with Crippen molar-refractivity contribution in [2.75, 3.05) is 0 Å². The molecule has 0 spiro atoms. The third-order valence-corrected chi connectivity index (χ3v) is 4.17. The van der Waals surface area contributed by atoms with E-state index in [1.165, 1.54) is 76.5 Å². The zero-order chi connectivity index (χ0) is 16.0. The molecule has 1 atom stereocenters. The number of halogens is 1. The molecule has 0 aliphatic heterocycles. The fourth-order valence-electron chi connectivity index (χ4n) is 2.74. The first kappa shape index (κ1) is 19.1. The van der Waals surface area contributed by atoms with Crippen molar-refractivity contribution in [3.63, 3.8) is 0 Å². The Balaban J connectivity index is 2.31. The van der Waals surface area contributed by atoms with E-state index in [1.807, 2.05) is 0 Å². The van der Waals surface area contributed by atoms with Gasteiger partial charge in [-0.1, -0.05) is 65.2 Å². The van der Waals surface area contributed by atoms with Gasteiger partial charge in [-0.2, -0.15) is 0 Å². The maximum atomic E-state index is 12.9. The molecule has 0 radical (unpaired) electrons. The number of aromatic nitrogens is 1. The average molecular weight is 308 g/mol. The minimum atomic E-state index is -0.265. The molecule has 0 saturated carbocycles. The summed E-state index contributed by atoms with van der Waals surface area (Å²) in [7, 11) is 0. The highest BCUT2D eigenvalue weighted by Gasteiger charge is 2.08. The van der Waals surface area contributed by atoms with E-state index in [-0.39, 0.29) is 5.82 Å². The molecule has 1 N–H and O–H groups in total. The standard InChI is InChI=1S/C19H33FN2/c1-3-5-7-8-10-12-18(11-9-6-4-2)22-16-19-14-13-17(20)15-21-19/h13-15,18,22H,3-12,16H2,1-2H3. The maximum absolute atomic E-state index is 12.9. The van der Waals surface area contributed by atoms with E-state index in [9.17, 15) is 4.39 Å². The number of pyridine rings is 1. The number of unbranched alkanes of at least 4 members (excludes halogenated alkanes) is 6. The van der Waals surface area contributed by atoms with Crippen molar-refractivity contribution in [1.82, 2.24) is 10.3 Å². The molecule has 2 nitrogen and oxygen atoms in total. The van der Waals surface area contributed by atoms with Crippen molar-refractivity contribution < 1.29 is 4.39 Å². The largest absolute Gasteiger partial charge is 0.308 e. The van der Waals surface area contributed by atoms with E-state index in [0.29, 0.717) is 6.04 Å². The van der Waals surface area contributed by atoms with Gasteiger partial charge in [0.1, 0.15) is 5.82 Å². The van der Waals surface area contributed by atoms with Gasteiger partial charge in [-0.3, -0.25) is 4.98 Å². The zero-order valence-corrected chi connectivity index (χ0v) is 14.4. The van der Waals surface area contributed by atoms with Crippen LogP contribution in [0.4, 0.5) is 4.39 Å². The van der Waals surface area contributed by atoms with Crippen LogP contribution in [0.2, 0.25) is 0 Å². The molecule has 0 fully saturated rings. The van der Waals surface area contributed by atoms with Crippen LogP contribution in [0.25, 0.3) is 0 Å². The Morgan fingerprint density at radius 1 is 0.955 bits per heavy atom. The molecule has 0 aliphatic carbocycles. The maximum Gasteiger partial charge on any atom is 0.141 e. The van der Waals surface area contributed by atoms with Crippen LogP contribution in [0.15, 0.2) is 18.3 Å². The number of nitrogens with one attached hydrogen (secondary N) is 1. The van der Waals surface area contributed by atoms with E-state index in [0.717, 1.165) is 12.2 Å². The molecule has 0 aliphatic rings. The summed E-state index contributed by atoms with van der Waals surface area (Å²) in [4.78, 5) is 4.13. The van der Waals surface area contributed by atoms with Crippen molar-refractivity contribution >= 4 is 0 Å². The Labute approximate surface area is 135 Å². The molecule has 1 heterocycles. The summed E-state index contributed by atoms with van der Waals surface area (Å²) in [5.41, 5.74) is 0.924. The Morgan fingerprint density at radius 3 is 2.23 bits per heavy atom. The van der Waals surface area contributed by atoms with Crippen molar-refractivity contribution in [1.29, 1.82) is 0 Å². The Hall–Kier alpha value is -0.960. The average Bonchev–Trinajstić information content (AvgIpc) is 2.53. The van der Waals surface area contributed by atoms with Crippen molar-refractivity contribution in [2.24, 2.45) is 0 Å². The molecule has 0 saturated heterocycles. The van der Waals surface area contributed by atoms with E-state index in [1.54, 1.807) is 6.07 Å². The van der Waals surface area contributed by atoms with Crippen LogP contribution in [0, 0.1) is 5.82 Å². The van der Waals surface area contributed by atoms with Gasteiger partial charge in [0, 0.05) is 12.6 Å². The lowest BCUT2D eigenvalue weighted by atomic mass is 10.0. The Morgan fingerprint density at radius 2 is 1.59 bits per heavy atom. The van der Waals surface area contributed by atoms with Gasteiger partial charge in [0.25, 0.3) is 0 Å². The summed E-state index contributed by atoms with van der Waals surface area (Å²) in [6, 6.07) is 3.83. The second-order valence-electron chi connectivity index (χ2n) is 6.24. The number of rotatable bonds is 13. The van der Waals surface area contributed by atoms with E-state index in [2.05, 4.69) is 24.1 Å². The first-order chi connectivity index (χ1) is 10.8. The molecule has 22 heavy (non-hydrogen) atoms. The molecule has 1 rings (SSSR count). The van der Waals surface area contributed by atoms with Crippen LogP contribution >= 0.6 is 0 Å². The van der Waals surface area contributed by atoms with Crippen LogP contribution < -0.4 is 5.32 Å². The number of hydrogen-bond acceptors (Lipinski definition) is 2. The SMILES string of the molecule is CCCCCCCC(CCCCC)NCc1ccc(F)cn1. The molecular weight excluding hydrogens is 275 g/mol. The lowest BCUT2D eigenvalue weighted by Gasteiger charge is -2.18. The Kier molecular flexibility index (Phi) is 10.9. The Bertz CT molecular complexity index is 364. The third kappa shape index (κ3) is 9.14. The quantitative estimate of drug-likeness (QED) is 0.478. The molecule has 0 bridgehead atoms. The van der Waals surface area contributed by atoms with E-state index in [4.69, 9.17) is 0 Å². The number of hydrogen-bond donors (Lipinski definition) is 1. The molecule has 0 aromatic carbocycles. The van der Waals surface area contributed by atoms with Gasteiger partial charge in [0.2, 0.25) is 0 Å². The fourth-order valence-corrected chi connectivity index (χ4v) is 2.74. The summed E-state index contributed by atoms with van der Waals surface area (Å²) in [6.07, 6.45) is 14.3. The molecule has 1 aromatic rings. The van der Waals surface area contributed by atoms with Gasteiger partial charge in [-0.25, -0.2) is 4.39 Å². The summed E-state index contributed by atoms with van der Waals surface area (Å²) in [5.74, 6) is -0.265. The van der Waals surface area contributed by atoms with Crippen LogP contribution in [0.5, 0.6) is 0 Å². The van der Waals surface area contributed by atoms with Gasteiger partial charge >= 0.3 is 0 Å². The second kappa shape index (κ2) is 12.6. The summed E-state index contributed by atoms with van der Waals surface area (Å²) in [5, 5.41) is 3.62. The molecular formula is C19H33FN2. The van der Waals surface area contributed by atoms with Gasteiger partial charge in [-0.05, 0) is 25.0 Å².